The fourth-order valence-electron chi connectivity index (χ4n) is 4.93. The molecule has 1 aliphatic carbocycles. The number of anilines is 1. The molecule has 7 nitrogen and oxygen atoms in total. The lowest BCUT2D eigenvalue weighted by Gasteiger charge is -2.37. The number of aromatic hydroxyl groups is 1. The molecule has 4 aromatic rings. The first-order valence-electron chi connectivity index (χ1n) is 11.2. The molecule has 2 N–H and O–H groups in total. The molecule has 4 heterocycles. The van der Waals surface area contributed by atoms with E-state index in [9.17, 15) is 13.9 Å². The summed E-state index contributed by atoms with van der Waals surface area (Å²) in [5.41, 5.74) is 3.57. The third kappa shape index (κ3) is 3.76. The van der Waals surface area contributed by atoms with Gasteiger partial charge >= 0.3 is 0 Å². The zero-order valence-corrected chi connectivity index (χ0v) is 18.2. The maximum Gasteiger partial charge on any atom is 0.251 e. The smallest absolute Gasteiger partial charge is 0.251 e. The number of alkyl halides is 2. The van der Waals surface area contributed by atoms with Crippen LogP contribution in [0, 0.1) is 0 Å². The van der Waals surface area contributed by atoms with Crippen molar-refractivity contribution in [2.45, 2.75) is 37.3 Å². The minimum atomic E-state index is -2.50. The van der Waals surface area contributed by atoms with E-state index in [1.807, 2.05) is 43.6 Å². The van der Waals surface area contributed by atoms with Crippen LogP contribution in [-0.2, 0) is 7.05 Å². The van der Waals surface area contributed by atoms with Gasteiger partial charge in [-0.1, -0.05) is 0 Å². The first kappa shape index (κ1) is 20.3. The average Bonchev–Trinajstić information content (AvgIpc) is 3.36. The number of hydrogen-bond donors (Lipinski definition) is 2. The quantitative estimate of drug-likeness (QED) is 0.492. The van der Waals surface area contributed by atoms with E-state index >= 15 is 0 Å². The summed E-state index contributed by atoms with van der Waals surface area (Å²) in [6.45, 7) is 1.59. The Kier molecular flexibility index (Phi) is 4.52. The molecule has 6 rings (SSSR count). The Hall–Kier alpha value is -3.33. The van der Waals surface area contributed by atoms with Gasteiger partial charge in [-0.3, -0.25) is 4.68 Å². The van der Waals surface area contributed by atoms with Gasteiger partial charge in [0.15, 0.2) is 0 Å². The van der Waals surface area contributed by atoms with Gasteiger partial charge in [-0.05, 0) is 36.8 Å². The molecule has 1 atom stereocenters. The normalized spacial score (nSPS) is 20.6. The number of aryl methyl sites for hydroxylation is 1. The lowest BCUT2D eigenvalue weighted by atomic mass is 9.87. The number of aromatic nitrogens is 4. The van der Waals surface area contributed by atoms with Crippen LogP contribution in [0.1, 0.15) is 19.3 Å². The van der Waals surface area contributed by atoms with E-state index in [1.54, 1.807) is 10.7 Å². The lowest BCUT2D eigenvalue weighted by Crippen LogP contribution is -2.52. The molecule has 0 unspecified atom stereocenters. The number of nitrogens with one attached hydrogen (secondary N) is 1. The molecule has 0 radical (unpaired) electrons. The number of phenols is 1. The summed E-state index contributed by atoms with van der Waals surface area (Å²) in [5, 5.41) is 19.1. The largest absolute Gasteiger partial charge is 0.507 e. The molecule has 1 aromatic carbocycles. The highest BCUT2D eigenvalue weighted by Crippen LogP contribution is 2.38. The molecule has 9 heteroatoms. The van der Waals surface area contributed by atoms with Crippen molar-refractivity contribution in [3.05, 3.63) is 42.6 Å². The molecule has 1 saturated heterocycles. The maximum atomic E-state index is 13.1. The van der Waals surface area contributed by atoms with Crippen LogP contribution in [0.15, 0.2) is 42.6 Å². The van der Waals surface area contributed by atoms with Gasteiger partial charge in [0, 0.05) is 68.3 Å². The number of rotatable bonds is 4. The van der Waals surface area contributed by atoms with Gasteiger partial charge in [0.2, 0.25) is 0 Å². The van der Waals surface area contributed by atoms with Gasteiger partial charge < -0.3 is 15.3 Å². The first-order valence-corrected chi connectivity index (χ1v) is 11.2. The summed E-state index contributed by atoms with van der Waals surface area (Å²) >= 11 is 0. The summed E-state index contributed by atoms with van der Waals surface area (Å²) in [5.74, 6) is -1.50. The van der Waals surface area contributed by atoms with E-state index in [1.165, 1.54) is 0 Å². The minimum absolute atomic E-state index is 0.0605. The highest BCUT2D eigenvalue weighted by Gasteiger charge is 2.46. The third-order valence-corrected chi connectivity index (χ3v) is 6.61. The summed E-state index contributed by atoms with van der Waals surface area (Å²) in [6.07, 6.45) is 2.70. The molecular weight excluding hydrogens is 426 g/mol. The van der Waals surface area contributed by atoms with Gasteiger partial charge in [-0.15, -0.1) is 0 Å². The van der Waals surface area contributed by atoms with E-state index < -0.39 is 5.92 Å². The van der Waals surface area contributed by atoms with E-state index in [0.717, 1.165) is 47.3 Å². The molecule has 3 aromatic heterocycles. The minimum Gasteiger partial charge on any atom is -0.507 e. The van der Waals surface area contributed by atoms with Crippen LogP contribution in [0.25, 0.3) is 33.2 Å². The number of fused-ring (bicyclic) bond motifs is 2. The Morgan fingerprint density at radius 3 is 2.64 bits per heavy atom. The van der Waals surface area contributed by atoms with Crippen molar-refractivity contribution in [2.24, 2.45) is 7.05 Å². The second-order valence-electron chi connectivity index (χ2n) is 9.19. The second kappa shape index (κ2) is 7.34. The second-order valence-corrected chi connectivity index (χ2v) is 9.19. The van der Waals surface area contributed by atoms with Gasteiger partial charge in [0.05, 0.1) is 22.2 Å². The van der Waals surface area contributed by atoms with Gasteiger partial charge in [0.1, 0.15) is 11.6 Å². The molecule has 33 heavy (non-hydrogen) atoms. The van der Waals surface area contributed by atoms with E-state index in [4.69, 9.17) is 9.97 Å². The Morgan fingerprint density at radius 2 is 1.82 bits per heavy atom. The number of nitrogens with zero attached hydrogens (tertiary/aromatic N) is 5. The van der Waals surface area contributed by atoms with Crippen LogP contribution < -0.4 is 10.2 Å². The first-order chi connectivity index (χ1) is 15.8. The molecule has 2 fully saturated rings. The Bertz CT molecular complexity index is 1360. The molecule has 0 bridgehead atoms. The zero-order chi connectivity index (χ0) is 22.7. The highest BCUT2D eigenvalue weighted by molar-refractivity contribution is 5.88. The van der Waals surface area contributed by atoms with Crippen LogP contribution >= 0.6 is 0 Å². The van der Waals surface area contributed by atoms with Gasteiger partial charge in [-0.2, -0.15) is 5.10 Å². The van der Waals surface area contributed by atoms with Gasteiger partial charge in [0.25, 0.3) is 5.92 Å². The summed E-state index contributed by atoms with van der Waals surface area (Å²) in [7, 11) is 1.85. The van der Waals surface area contributed by atoms with Crippen molar-refractivity contribution in [3.63, 3.8) is 0 Å². The summed E-state index contributed by atoms with van der Waals surface area (Å²) in [6, 6.07) is 11.3. The SMILES string of the molecule is Cn1cc2cc(-c3ccc4nc(N5CC[C@H](NC6CC(F)(F)C6)C5)ccc4n3)c(O)cc2n1. The van der Waals surface area contributed by atoms with E-state index in [-0.39, 0.29) is 30.7 Å². The number of halogens is 2. The monoisotopic (exact) mass is 450 g/mol. The maximum absolute atomic E-state index is 13.1. The molecule has 1 aliphatic heterocycles. The fraction of sp³-hybridized carbons (Fsp3) is 0.375. The van der Waals surface area contributed by atoms with Crippen LogP contribution in [0.2, 0.25) is 0 Å². The molecule has 170 valence electrons. The van der Waals surface area contributed by atoms with Crippen molar-refractivity contribution in [1.29, 1.82) is 0 Å². The van der Waals surface area contributed by atoms with Crippen LogP contribution in [0.3, 0.4) is 0 Å². The summed E-state index contributed by atoms with van der Waals surface area (Å²) in [4.78, 5) is 11.7. The van der Waals surface area contributed by atoms with Crippen molar-refractivity contribution >= 4 is 27.8 Å². The molecular formula is C24H24F2N6O. The predicted octanol–water partition coefficient (Wildman–Crippen LogP) is 3.86. The molecule has 2 aliphatic rings. The van der Waals surface area contributed by atoms with Gasteiger partial charge in [-0.25, -0.2) is 18.7 Å². The fourth-order valence-corrected chi connectivity index (χ4v) is 4.93. The Labute approximate surface area is 189 Å². The lowest BCUT2D eigenvalue weighted by molar-refractivity contribution is -0.0943. The number of benzene rings is 1. The Morgan fingerprint density at radius 1 is 1.03 bits per heavy atom. The van der Waals surface area contributed by atoms with E-state index in [0.29, 0.717) is 11.3 Å². The van der Waals surface area contributed by atoms with Crippen molar-refractivity contribution < 1.29 is 13.9 Å². The predicted molar refractivity (Wildman–Crippen MR) is 123 cm³/mol. The van der Waals surface area contributed by atoms with Crippen LogP contribution in [0.5, 0.6) is 5.75 Å². The zero-order valence-electron chi connectivity index (χ0n) is 18.2. The molecule has 1 saturated carbocycles. The average molecular weight is 450 g/mol. The number of pyridine rings is 2. The Balaban J connectivity index is 1.21. The third-order valence-electron chi connectivity index (χ3n) is 6.61. The standard InChI is InChI=1S/C24H24F2N6O/c1-31-12-14-8-17(22(33)9-21(14)30-31)18-2-3-20-19(28-18)4-5-23(29-20)32-7-6-15(13-32)27-16-10-24(25,26)11-16/h2-5,8-9,12,15-16,27,33H,6-7,10-11,13H2,1H3/t15-/m0/s1. The van der Waals surface area contributed by atoms with Crippen molar-refractivity contribution in [1.82, 2.24) is 25.1 Å². The molecule has 0 spiro atoms. The van der Waals surface area contributed by atoms with Crippen LogP contribution in [0.4, 0.5) is 14.6 Å². The van der Waals surface area contributed by atoms with Crippen molar-refractivity contribution in [3.8, 4) is 17.0 Å². The topological polar surface area (TPSA) is 79.1 Å². The molecule has 0 amide bonds. The highest BCUT2D eigenvalue weighted by atomic mass is 19.3. The van der Waals surface area contributed by atoms with E-state index in [2.05, 4.69) is 15.3 Å². The number of phenolic OH excluding ortho intramolecular Hbond substituents is 1. The summed E-state index contributed by atoms with van der Waals surface area (Å²) < 4.78 is 27.9. The van der Waals surface area contributed by atoms with Crippen molar-refractivity contribution in [2.75, 3.05) is 18.0 Å². The van der Waals surface area contributed by atoms with Crippen LogP contribution in [-0.4, -0.2) is 56.0 Å². The number of hydrogen-bond acceptors (Lipinski definition) is 6.